The van der Waals surface area contributed by atoms with Crippen molar-refractivity contribution in [1.82, 2.24) is 0 Å². The molecule has 1 aromatic carbocycles. The molecule has 0 fully saturated rings. The van der Waals surface area contributed by atoms with Gasteiger partial charge in [-0.1, -0.05) is 45.9 Å². The minimum Gasteiger partial charge on any atom is -0.260 e. The molecule has 0 aromatic heterocycles. The van der Waals surface area contributed by atoms with Gasteiger partial charge in [-0.15, -0.1) is 0 Å². The van der Waals surface area contributed by atoms with E-state index in [1.807, 2.05) is 0 Å². The fourth-order valence-corrected chi connectivity index (χ4v) is 2.48. The van der Waals surface area contributed by atoms with Crippen LogP contribution in [0.2, 0.25) is 0 Å². The summed E-state index contributed by atoms with van der Waals surface area (Å²) in [5.41, 5.74) is 1.32. The first-order valence-electron chi connectivity index (χ1n) is 8.02. The van der Waals surface area contributed by atoms with Crippen LogP contribution in [0.25, 0.3) is 5.57 Å². The molecular formula is C19H23F3N2. The van der Waals surface area contributed by atoms with Gasteiger partial charge in [-0.25, -0.2) is 18.2 Å². The van der Waals surface area contributed by atoms with Crippen LogP contribution in [0.1, 0.15) is 51.7 Å². The molecule has 1 aromatic rings. The summed E-state index contributed by atoms with van der Waals surface area (Å²) in [4.78, 5) is 7.83. The van der Waals surface area contributed by atoms with Gasteiger partial charge in [0, 0.05) is 18.1 Å². The van der Waals surface area contributed by atoms with Crippen LogP contribution in [0.3, 0.4) is 0 Å². The Labute approximate surface area is 141 Å². The van der Waals surface area contributed by atoms with Crippen molar-refractivity contribution in [2.24, 2.45) is 15.4 Å². The Bertz CT molecular complexity index is 710. The maximum atomic E-state index is 14.5. The second-order valence-electron chi connectivity index (χ2n) is 7.08. The van der Waals surface area contributed by atoms with Crippen molar-refractivity contribution >= 4 is 17.1 Å². The van der Waals surface area contributed by atoms with Crippen LogP contribution in [0.5, 0.6) is 0 Å². The summed E-state index contributed by atoms with van der Waals surface area (Å²) in [6.07, 6.45) is 1.65. The van der Waals surface area contributed by atoms with Gasteiger partial charge >= 0.3 is 0 Å². The van der Waals surface area contributed by atoms with Gasteiger partial charge in [-0.2, -0.15) is 0 Å². The third-order valence-corrected chi connectivity index (χ3v) is 4.38. The summed E-state index contributed by atoms with van der Waals surface area (Å²) in [6.45, 7) is 10.9. The maximum Gasteiger partial charge on any atom is 0.285 e. The van der Waals surface area contributed by atoms with E-state index in [2.05, 4.69) is 37.3 Å². The molecule has 1 aliphatic heterocycles. The molecule has 0 saturated heterocycles. The van der Waals surface area contributed by atoms with Gasteiger partial charge in [0.15, 0.2) is 5.84 Å². The SMILES string of the molecule is C=C(CC(C)(C)CC)c1ccc(C2=NCC(C(C)(F)F)=N2)cc1F. The Hall–Kier alpha value is -1.91. The first-order valence-corrected chi connectivity index (χ1v) is 8.02. The van der Waals surface area contributed by atoms with Crippen molar-refractivity contribution in [2.45, 2.75) is 46.5 Å². The summed E-state index contributed by atoms with van der Waals surface area (Å²) < 4.78 is 41.0. The number of benzene rings is 1. The molecule has 0 unspecified atom stereocenters. The van der Waals surface area contributed by atoms with Gasteiger partial charge in [0.05, 0.1) is 6.54 Å². The lowest BCUT2D eigenvalue weighted by Crippen LogP contribution is -2.25. The molecule has 5 heteroatoms. The highest BCUT2D eigenvalue weighted by atomic mass is 19.3. The fourth-order valence-electron chi connectivity index (χ4n) is 2.48. The fraction of sp³-hybridized carbons (Fsp3) is 0.474. The second kappa shape index (κ2) is 6.54. The van der Waals surface area contributed by atoms with Gasteiger partial charge < -0.3 is 0 Å². The summed E-state index contributed by atoms with van der Waals surface area (Å²) in [5.74, 6) is -3.29. The van der Waals surface area contributed by atoms with Crippen LogP contribution in [-0.2, 0) is 0 Å². The molecule has 0 aliphatic carbocycles. The highest BCUT2D eigenvalue weighted by molar-refractivity contribution is 6.13. The molecule has 0 amide bonds. The van der Waals surface area contributed by atoms with Crippen LogP contribution >= 0.6 is 0 Å². The molecule has 0 atom stereocenters. The predicted octanol–water partition coefficient (Wildman–Crippen LogP) is 5.52. The normalized spacial score (nSPS) is 15.3. The zero-order chi connectivity index (χ0) is 18.1. The third-order valence-electron chi connectivity index (χ3n) is 4.38. The van der Waals surface area contributed by atoms with Gasteiger partial charge in [-0.05, 0) is 23.5 Å². The largest absolute Gasteiger partial charge is 0.285 e. The lowest BCUT2D eigenvalue weighted by molar-refractivity contribution is 0.0997. The quantitative estimate of drug-likeness (QED) is 0.653. The Morgan fingerprint density at radius 3 is 2.42 bits per heavy atom. The number of alkyl halides is 2. The number of nitrogens with zero attached hydrogens (tertiary/aromatic N) is 2. The van der Waals surface area contributed by atoms with Crippen LogP contribution in [0.4, 0.5) is 13.2 Å². The zero-order valence-corrected chi connectivity index (χ0v) is 14.6. The average molecular weight is 336 g/mol. The van der Waals surface area contributed by atoms with Crippen molar-refractivity contribution in [3.8, 4) is 0 Å². The minimum absolute atomic E-state index is 0.0453. The van der Waals surface area contributed by atoms with E-state index in [0.29, 0.717) is 17.5 Å². The Morgan fingerprint density at radius 2 is 1.92 bits per heavy atom. The average Bonchev–Trinajstić information content (AvgIpc) is 2.96. The smallest absolute Gasteiger partial charge is 0.260 e. The van der Waals surface area contributed by atoms with Crippen LogP contribution in [-0.4, -0.2) is 24.0 Å². The van der Waals surface area contributed by atoms with E-state index in [4.69, 9.17) is 0 Å². The molecule has 2 nitrogen and oxygen atoms in total. The lowest BCUT2D eigenvalue weighted by Gasteiger charge is -2.24. The van der Waals surface area contributed by atoms with Crippen LogP contribution in [0.15, 0.2) is 34.8 Å². The summed E-state index contributed by atoms with van der Waals surface area (Å²) in [5, 5.41) is 0. The zero-order valence-electron chi connectivity index (χ0n) is 14.6. The number of hydrogen-bond donors (Lipinski definition) is 0. The molecule has 0 radical (unpaired) electrons. The van der Waals surface area contributed by atoms with E-state index >= 15 is 0 Å². The number of amidine groups is 1. The molecular weight excluding hydrogens is 313 g/mol. The molecule has 0 saturated carbocycles. The molecule has 24 heavy (non-hydrogen) atoms. The minimum atomic E-state index is -3.01. The maximum absolute atomic E-state index is 14.5. The monoisotopic (exact) mass is 336 g/mol. The molecule has 2 rings (SSSR count). The van der Waals surface area contributed by atoms with Gasteiger partial charge in [0.1, 0.15) is 11.5 Å². The van der Waals surface area contributed by atoms with Crippen molar-refractivity contribution < 1.29 is 13.2 Å². The first kappa shape index (κ1) is 18.4. The topological polar surface area (TPSA) is 24.7 Å². The standard InChI is InChI=1S/C19H23F3N2/c1-6-18(3,4)10-12(2)14-8-7-13(9-15(14)20)17-23-11-16(24-17)19(5,21)22/h7-9H,2,6,10-11H2,1,3-5H3. The van der Waals surface area contributed by atoms with E-state index in [9.17, 15) is 13.2 Å². The van der Waals surface area contributed by atoms with E-state index in [1.54, 1.807) is 12.1 Å². The Balaban J connectivity index is 2.22. The number of hydrogen-bond acceptors (Lipinski definition) is 2. The molecule has 130 valence electrons. The highest BCUT2D eigenvalue weighted by Gasteiger charge is 2.32. The molecule has 0 N–H and O–H groups in total. The molecule has 1 heterocycles. The van der Waals surface area contributed by atoms with Gasteiger partial charge in [-0.3, -0.25) is 4.99 Å². The number of aliphatic imine (C=N–C) groups is 2. The highest BCUT2D eigenvalue weighted by Crippen LogP contribution is 2.33. The van der Waals surface area contributed by atoms with Crippen molar-refractivity contribution in [3.63, 3.8) is 0 Å². The van der Waals surface area contributed by atoms with E-state index in [1.165, 1.54) is 6.07 Å². The molecule has 0 spiro atoms. The second-order valence-corrected chi connectivity index (χ2v) is 7.08. The predicted molar refractivity (Wildman–Crippen MR) is 93.6 cm³/mol. The summed E-state index contributed by atoms with van der Waals surface area (Å²) >= 11 is 0. The summed E-state index contributed by atoms with van der Waals surface area (Å²) in [6, 6.07) is 4.57. The van der Waals surface area contributed by atoms with Gasteiger partial charge in [0.2, 0.25) is 0 Å². The van der Waals surface area contributed by atoms with E-state index in [0.717, 1.165) is 18.9 Å². The molecule has 0 bridgehead atoms. The van der Waals surface area contributed by atoms with E-state index < -0.39 is 11.7 Å². The first-order chi connectivity index (χ1) is 11.0. The Kier molecular flexibility index (Phi) is 5.02. The van der Waals surface area contributed by atoms with Crippen molar-refractivity contribution in [2.75, 3.05) is 6.54 Å². The van der Waals surface area contributed by atoms with Crippen LogP contribution in [0, 0.1) is 11.2 Å². The number of rotatable bonds is 6. The summed E-state index contributed by atoms with van der Waals surface area (Å²) in [7, 11) is 0. The number of halogens is 3. The van der Waals surface area contributed by atoms with Crippen molar-refractivity contribution in [3.05, 3.63) is 41.7 Å². The number of allylic oxidation sites excluding steroid dienone is 1. The van der Waals surface area contributed by atoms with Crippen molar-refractivity contribution in [1.29, 1.82) is 0 Å². The third kappa shape index (κ3) is 4.13. The van der Waals surface area contributed by atoms with Gasteiger partial charge in [0.25, 0.3) is 5.92 Å². The van der Waals surface area contributed by atoms with Crippen LogP contribution < -0.4 is 0 Å². The lowest BCUT2D eigenvalue weighted by atomic mass is 9.81. The van der Waals surface area contributed by atoms with E-state index in [-0.39, 0.29) is 23.5 Å². The molecule has 1 aliphatic rings. The Morgan fingerprint density at radius 1 is 1.25 bits per heavy atom.